The highest BCUT2D eigenvalue weighted by molar-refractivity contribution is 5.29. The summed E-state index contributed by atoms with van der Waals surface area (Å²) in [4.78, 5) is 0. The molecule has 1 aliphatic rings. The number of halogens is 1. The van der Waals surface area contributed by atoms with Crippen LogP contribution in [0.3, 0.4) is 0 Å². The molecular weight excluding hydrogens is 253 g/mol. The third-order valence-corrected chi connectivity index (χ3v) is 4.21. The molecule has 2 unspecified atom stereocenters. The molecule has 2 nitrogen and oxygen atoms in total. The second-order valence-corrected chi connectivity index (χ2v) is 5.86. The molecule has 0 aliphatic heterocycles. The van der Waals surface area contributed by atoms with Gasteiger partial charge in [-0.05, 0) is 55.8 Å². The molecular formula is C17H26FNO. The first kappa shape index (κ1) is 15.3. The number of ether oxygens (including phenoxy) is 1. The van der Waals surface area contributed by atoms with E-state index in [0.29, 0.717) is 17.7 Å². The van der Waals surface area contributed by atoms with Gasteiger partial charge in [0.1, 0.15) is 0 Å². The number of benzene rings is 1. The van der Waals surface area contributed by atoms with Gasteiger partial charge in [-0.25, -0.2) is 4.39 Å². The maximum atomic E-state index is 13.7. The van der Waals surface area contributed by atoms with Crippen molar-refractivity contribution in [3.05, 3.63) is 29.6 Å². The van der Waals surface area contributed by atoms with E-state index in [1.807, 2.05) is 6.07 Å². The van der Waals surface area contributed by atoms with Crippen molar-refractivity contribution in [2.45, 2.75) is 51.5 Å². The van der Waals surface area contributed by atoms with Gasteiger partial charge in [0.15, 0.2) is 11.6 Å². The Morgan fingerprint density at radius 2 is 2.20 bits per heavy atom. The predicted octanol–water partition coefficient (Wildman–Crippen LogP) is 3.94. The van der Waals surface area contributed by atoms with E-state index < -0.39 is 0 Å². The summed E-state index contributed by atoms with van der Waals surface area (Å²) in [6.07, 6.45) is 7.21. The molecule has 0 saturated heterocycles. The highest BCUT2D eigenvalue weighted by Gasteiger charge is 2.21. The van der Waals surface area contributed by atoms with E-state index in [0.717, 1.165) is 18.5 Å². The molecule has 0 aromatic heterocycles. The van der Waals surface area contributed by atoms with Crippen LogP contribution in [0.2, 0.25) is 0 Å². The van der Waals surface area contributed by atoms with Crippen LogP contribution in [-0.2, 0) is 6.42 Å². The van der Waals surface area contributed by atoms with Crippen molar-refractivity contribution < 1.29 is 9.13 Å². The Hall–Kier alpha value is -1.09. The summed E-state index contributed by atoms with van der Waals surface area (Å²) in [5.74, 6) is 0.757. The molecule has 2 atom stereocenters. The molecule has 1 aliphatic carbocycles. The van der Waals surface area contributed by atoms with Crippen molar-refractivity contribution in [1.29, 1.82) is 0 Å². The largest absolute Gasteiger partial charge is 0.494 e. The highest BCUT2D eigenvalue weighted by atomic mass is 19.1. The van der Waals surface area contributed by atoms with E-state index in [-0.39, 0.29) is 5.82 Å². The van der Waals surface area contributed by atoms with E-state index in [1.54, 1.807) is 12.1 Å². The molecule has 0 radical (unpaired) electrons. The first-order valence-electron chi connectivity index (χ1n) is 7.78. The lowest BCUT2D eigenvalue weighted by atomic mass is 9.82. The van der Waals surface area contributed by atoms with Gasteiger partial charge in [-0.1, -0.05) is 25.8 Å². The molecule has 1 fully saturated rings. The fraction of sp³-hybridized carbons (Fsp3) is 0.647. The van der Waals surface area contributed by atoms with Crippen molar-refractivity contribution in [1.82, 2.24) is 5.32 Å². The van der Waals surface area contributed by atoms with E-state index in [2.05, 4.69) is 12.2 Å². The Morgan fingerprint density at radius 3 is 2.90 bits per heavy atom. The minimum absolute atomic E-state index is 0.249. The van der Waals surface area contributed by atoms with E-state index in [4.69, 9.17) is 4.74 Å². The fourth-order valence-corrected chi connectivity index (χ4v) is 3.18. The van der Waals surface area contributed by atoms with Crippen molar-refractivity contribution in [2.24, 2.45) is 5.92 Å². The van der Waals surface area contributed by atoms with Gasteiger partial charge in [0.25, 0.3) is 0 Å². The first-order valence-corrected chi connectivity index (χ1v) is 7.78. The molecule has 1 aromatic rings. The second-order valence-electron chi connectivity index (χ2n) is 5.86. The SMILES string of the molecule is CCCNC1CCCC(Cc2ccc(OC)c(F)c2)C1. The summed E-state index contributed by atoms with van der Waals surface area (Å²) in [5, 5.41) is 3.62. The molecule has 3 heteroatoms. The lowest BCUT2D eigenvalue weighted by Gasteiger charge is -2.30. The Morgan fingerprint density at radius 1 is 1.35 bits per heavy atom. The van der Waals surface area contributed by atoms with Crippen LogP contribution >= 0.6 is 0 Å². The maximum Gasteiger partial charge on any atom is 0.165 e. The molecule has 1 aromatic carbocycles. The monoisotopic (exact) mass is 279 g/mol. The van der Waals surface area contributed by atoms with Crippen molar-refractivity contribution >= 4 is 0 Å². The van der Waals surface area contributed by atoms with Gasteiger partial charge in [0.2, 0.25) is 0 Å². The Kier molecular flexibility index (Phi) is 5.84. The number of nitrogens with one attached hydrogen (secondary N) is 1. The van der Waals surface area contributed by atoms with Crippen LogP contribution in [0, 0.1) is 11.7 Å². The standard InChI is InChI=1S/C17H26FNO/c1-3-9-19-15-6-4-5-13(11-15)10-14-7-8-17(20-2)16(18)12-14/h7-8,12-13,15,19H,3-6,9-11H2,1-2H3. The summed E-state index contributed by atoms with van der Waals surface area (Å²) in [6.45, 7) is 3.31. The third kappa shape index (κ3) is 4.20. The van der Waals surface area contributed by atoms with Gasteiger partial charge in [-0.3, -0.25) is 0 Å². The van der Waals surface area contributed by atoms with Gasteiger partial charge in [-0.2, -0.15) is 0 Å². The molecule has 0 amide bonds. The smallest absolute Gasteiger partial charge is 0.165 e. The molecule has 112 valence electrons. The van der Waals surface area contributed by atoms with Crippen LogP contribution in [0.4, 0.5) is 4.39 Å². The van der Waals surface area contributed by atoms with Crippen molar-refractivity contribution in [2.75, 3.05) is 13.7 Å². The summed E-state index contributed by atoms with van der Waals surface area (Å²) in [7, 11) is 1.50. The Bertz CT molecular complexity index is 421. The van der Waals surface area contributed by atoms with E-state index >= 15 is 0 Å². The molecule has 1 N–H and O–H groups in total. The highest BCUT2D eigenvalue weighted by Crippen LogP contribution is 2.28. The van der Waals surface area contributed by atoms with E-state index in [9.17, 15) is 4.39 Å². The number of hydrogen-bond acceptors (Lipinski definition) is 2. The quantitative estimate of drug-likeness (QED) is 0.851. The van der Waals surface area contributed by atoms with Crippen molar-refractivity contribution in [3.63, 3.8) is 0 Å². The van der Waals surface area contributed by atoms with Gasteiger partial charge in [-0.15, -0.1) is 0 Å². The average molecular weight is 279 g/mol. The molecule has 0 heterocycles. The van der Waals surface area contributed by atoms with Gasteiger partial charge in [0.05, 0.1) is 7.11 Å². The minimum Gasteiger partial charge on any atom is -0.494 e. The molecule has 1 saturated carbocycles. The van der Waals surface area contributed by atoms with Crippen LogP contribution < -0.4 is 10.1 Å². The molecule has 0 spiro atoms. The molecule has 20 heavy (non-hydrogen) atoms. The summed E-state index contributed by atoms with van der Waals surface area (Å²) in [6, 6.07) is 6.00. The van der Waals surface area contributed by atoms with Crippen LogP contribution in [0.25, 0.3) is 0 Å². The Labute approximate surface area is 121 Å². The summed E-state index contributed by atoms with van der Waals surface area (Å²) in [5.41, 5.74) is 1.09. The molecule has 0 bridgehead atoms. The zero-order valence-electron chi connectivity index (χ0n) is 12.6. The third-order valence-electron chi connectivity index (χ3n) is 4.21. The zero-order valence-corrected chi connectivity index (χ0v) is 12.6. The number of rotatable bonds is 6. The zero-order chi connectivity index (χ0) is 14.4. The minimum atomic E-state index is -0.249. The van der Waals surface area contributed by atoms with Crippen LogP contribution in [0.5, 0.6) is 5.75 Å². The summed E-state index contributed by atoms with van der Waals surface area (Å²) >= 11 is 0. The van der Waals surface area contributed by atoms with E-state index in [1.165, 1.54) is 39.2 Å². The molecule has 2 rings (SSSR count). The first-order chi connectivity index (χ1) is 9.72. The second kappa shape index (κ2) is 7.63. The van der Waals surface area contributed by atoms with Crippen LogP contribution in [-0.4, -0.2) is 19.7 Å². The maximum absolute atomic E-state index is 13.7. The van der Waals surface area contributed by atoms with Crippen LogP contribution in [0.1, 0.15) is 44.6 Å². The topological polar surface area (TPSA) is 21.3 Å². The lowest BCUT2D eigenvalue weighted by Crippen LogP contribution is -2.35. The predicted molar refractivity (Wildman–Crippen MR) is 80.7 cm³/mol. The van der Waals surface area contributed by atoms with Gasteiger partial charge in [0, 0.05) is 6.04 Å². The van der Waals surface area contributed by atoms with Crippen molar-refractivity contribution in [3.8, 4) is 5.75 Å². The van der Waals surface area contributed by atoms with Gasteiger partial charge >= 0.3 is 0 Å². The summed E-state index contributed by atoms with van der Waals surface area (Å²) < 4.78 is 18.7. The fourth-order valence-electron chi connectivity index (χ4n) is 3.18. The van der Waals surface area contributed by atoms with Crippen LogP contribution in [0.15, 0.2) is 18.2 Å². The number of methoxy groups -OCH3 is 1. The number of hydrogen-bond donors (Lipinski definition) is 1. The lowest BCUT2D eigenvalue weighted by molar-refractivity contribution is 0.284. The Balaban J connectivity index is 1.90. The average Bonchev–Trinajstić information content (AvgIpc) is 2.46. The van der Waals surface area contributed by atoms with Gasteiger partial charge < -0.3 is 10.1 Å². The normalized spacial score (nSPS) is 22.8.